The van der Waals surface area contributed by atoms with Gasteiger partial charge in [-0.3, -0.25) is 37.3 Å². The van der Waals surface area contributed by atoms with Crippen LogP contribution in [-0.2, 0) is 65.4 Å². The maximum atomic E-state index is 13.0. The maximum absolute atomic E-state index is 13.0. The van der Waals surface area contributed by atoms with Crippen LogP contribution in [0.25, 0.3) is 0 Å². The Kier molecular flexibility index (Phi) is 64.0. The molecule has 0 bridgehead atoms. The van der Waals surface area contributed by atoms with E-state index in [4.69, 9.17) is 37.0 Å². The molecule has 0 aromatic rings. The summed E-state index contributed by atoms with van der Waals surface area (Å²) in [5.41, 5.74) is 0. The van der Waals surface area contributed by atoms with Crippen molar-refractivity contribution >= 4 is 39.5 Å². The predicted octanol–water partition coefficient (Wildman–Crippen LogP) is 20.9. The Labute approximate surface area is 556 Å². The minimum atomic E-state index is -4.95. The number of hydrogen-bond acceptors (Lipinski definition) is 15. The molecule has 0 spiro atoms. The number of carbonyl (C=O) groups is 4. The van der Waals surface area contributed by atoms with E-state index in [0.29, 0.717) is 25.7 Å². The molecule has 6 atom stereocenters. The Balaban J connectivity index is 5.12. The quantitative estimate of drug-likeness (QED) is 0.0222. The van der Waals surface area contributed by atoms with Gasteiger partial charge in [0.05, 0.1) is 26.4 Å². The number of esters is 4. The maximum Gasteiger partial charge on any atom is 0.472 e. The minimum Gasteiger partial charge on any atom is -0.462 e. The summed E-state index contributed by atoms with van der Waals surface area (Å²) in [4.78, 5) is 72.4. The molecule has 0 aliphatic rings. The number of rotatable bonds is 72. The van der Waals surface area contributed by atoms with Gasteiger partial charge in [-0.15, -0.1) is 0 Å². The molecule has 0 aromatic heterocycles. The van der Waals surface area contributed by atoms with Gasteiger partial charge in [0.25, 0.3) is 0 Å². The SMILES string of the molecule is CCCCCCCCCCCCC(=O)OC[C@H](COP(=O)(O)OC[C@@H](O)COP(=O)(O)OC[C@@H](COC(=O)CCCCCCCCCCC)OC(=O)CCCCCCCCCCCC)OC(=O)CCCCCCCCCCCCCCCCCCCCC(C)CC. The summed E-state index contributed by atoms with van der Waals surface area (Å²) in [7, 11) is -9.89. The summed E-state index contributed by atoms with van der Waals surface area (Å²) in [6, 6.07) is 0. The fourth-order valence-corrected chi connectivity index (χ4v) is 12.5. The minimum absolute atomic E-state index is 0.107. The number of phosphoric ester groups is 2. The monoisotopic (exact) mass is 1340 g/mol. The van der Waals surface area contributed by atoms with Crippen LogP contribution in [0.3, 0.4) is 0 Å². The summed E-state index contributed by atoms with van der Waals surface area (Å²) in [6.45, 7) is 7.29. The molecule has 17 nitrogen and oxygen atoms in total. The van der Waals surface area contributed by atoms with Crippen molar-refractivity contribution in [2.75, 3.05) is 39.6 Å². The summed E-state index contributed by atoms with van der Waals surface area (Å²) < 4.78 is 68.2. The molecule has 0 aliphatic carbocycles. The van der Waals surface area contributed by atoms with Gasteiger partial charge in [0.15, 0.2) is 12.2 Å². The number of aliphatic hydroxyl groups is 1. The van der Waals surface area contributed by atoms with Crippen LogP contribution in [0.2, 0.25) is 0 Å². The number of carbonyl (C=O) groups excluding carboxylic acids is 4. The van der Waals surface area contributed by atoms with Crippen molar-refractivity contribution in [2.45, 2.75) is 393 Å². The Morgan fingerprint density at radius 2 is 0.527 bits per heavy atom. The van der Waals surface area contributed by atoms with E-state index >= 15 is 0 Å². The summed E-state index contributed by atoms with van der Waals surface area (Å²) >= 11 is 0. The highest BCUT2D eigenvalue weighted by Crippen LogP contribution is 2.45. The Morgan fingerprint density at radius 3 is 0.780 bits per heavy atom. The molecule has 0 saturated heterocycles. The van der Waals surface area contributed by atoms with Crippen molar-refractivity contribution in [1.29, 1.82) is 0 Å². The second-order valence-electron chi connectivity index (χ2n) is 26.2. The lowest BCUT2D eigenvalue weighted by molar-refractivity contribution is -0.161. The third-order valence-corrected chi connectivity index (χ3v) is 19.0. The van der Waals surface area contributed by atoms with Gasteiger partial charge in [-0.25, -0.2) is 9.13 Å². The lowest BCUT2D eigenvalue weighted by atomic mass is 9.99. The van der Waals surface area contributed by atoms with Crippen LogP contribution in [-0.4, -0.2) is 96.7 Å². The first kappa shape index (κ1) is 89.1. The molecule has 3 unspecified atom stereocenters. The van der Waals surface area contributed by atoms with Crippen molar-refractivity contribution in [3.63, 3.8) is 0 Å². The predicted molar refractivity (Wildman–Crippen MR) is 368 cm³/mol. The highest BCUT2D eigenvalue weighted by Gasteiger charge is 2.30. The summed E-state index contributed by atoms with van der Waals surface area (Å²) in [5, 5.41) is 10.6. The zero-order chi connectivity index (χ0) is 67.0. The van der Waals surface area contributed by atoms with Gasteiger partial charge in [0.2, 0.25) is 0 Å². The van der Waals surface area contributed by atoms with E-state index in [1.807, 2.05) is 0 Å². The highest BCUT2D eigenvalue weighted by atomic mass is 31.2. The summed E-state index contributed by atoms with van der Waals surface area (Å²) in [5.74, 6) is -1.25. The molecule has 0 radical (unpaired) electrons. The zero-order valence-corrected chi connectivity index (χ0v) is 60.8. The van der Waals surface area contributed by atoms with Gasteiger partial charge in [0, 0.05) is 25.7 Å². The number of hydrogen-bond donors (Lipinski definition) is 3. The van der Waals surface area contributed by atoms with Crippen LogP contribution >= 0.6 is 15.6 Å². The van der Waals surface area contributed by atoms with Gasteiger partial charge in [-0.05, 0) is 31.6 Å². The van der Waals surface area contributed by atoms with Crippen LogP contribution < -0.4 is 0 Å². The van der Waals surface area contributed by atoms with Crippen LogP contribution in [0.5, 0.6) is 0 Å². The van der Waals surface area contributed by atoms with E-state index in [2.05, 4.69) is 34.6 Å². The van der Waals surface area contributed by atoms with E-state index < -0.39 is 97.5 Å². The number of ether oxygens (including phenoxy) is 4. The van der Waals surface area contributed by atoms with Gasteiger partial charge >= 0.3 is 39.5 Å². The first-order valence-corrected chi connectivity index (χ1v) is 40.7. The molecule has 0 aromatic carbocycles. The Hall–Kier alpha value is -1.94. The highest BCUT2D eigenvalue weighted by molar-refractivity contribution is 7.47. The van der Waals surface area contributed by atoms with Crippen molar-refractivity contribution in [3.8, 4) is 0 Å². The average molecular weight is 1340 g/mol. The van der Waals surface area contributed by atoms with Crippen LogP contribution in [0.4, 0.5) is 0 Å². The molecule has 3 N–H and O–H groups in total. The normalized spacial score (nSPS) is 14.3. The zero-order valence-electron chi connectivity index (χ0n) is 59.0. The van der Waals surface area contributed by atoms with E-state index in [1.54, 1.807) is 0 Å². The molecule has 0 aliphatic heterocycles. The van der Waals surface area contributed by atoms with Crippen LogP contribution in [0, 0.1) is 5.92 Å². The standard InChI is InChI=1S/C72H140O17P2/c1-6-10-13-16-19-22-36-41-46-51-56-70(75)83-62-68(89-72(77)58-53-48-43-38-33-31-29-27-25-24-26-28-30-32-35-39-44-49-54-65(5)9-4)64-87-91(80,81)85-60-66(73)59-84-90(78,79)86-63-67(61-82-69(74)55-50-45-40-34-21-18-15-12-8-3)88-71(76)57-52-47-42-37-23-20-17-14-11-7-2/h65-68,73H,6-64H2,1-5H3,(H,78,79)(H,80,81)/t65?,66-,67+,68+/m0/s1. The fourth-order valence-electron chi connectivity index (χ4n) is 11.0. The van der Waals surface area contributed by atoms with Gasteiger partial charge in [0.1, 0.15) is 19.3 Å². The topological polar surface area (TPSA) is 237 Å². The Morgan fingerprint density at radius 1 is 0.308 bits per heavy atom. The molecular formula is C72H140O17P2. The van der Waals surface area contributed by atoms with Gasteiger partial charge in [-0.1, -0.05) is 324 Å². The third kappa shape index (κ3) is 65.1. The first-order valence-electron chi connectivity index (χ1n) is 37.7. The molecular weight excluding hydrogens is 1200 g/mol. The van der Waals surface area contributed by atoms with E-state index in [1.165, 1.54) is 199 Å². The van der Waals surface area contributed by atoms with Crippen LogP contribution in [0.15, 0.2) is 0 Å². The lowest BCUT2D eigenvalue weighted by Gasteiger charge is -2.21. The first-order chi connectivity index (χ1) is 44.1. The summed E-state index contributed by atoms with van der Waals surface area (Å²) in [6.07, 6.45) is 52.7. The second kappa shape index (κ2) is 65.4. The van der Waals surface area contributed by atoms with Crippen molar-refractivity contribution in [1.82, 2.24) is 0 Å². The van der Waals surface area contributed by atoms with E-state index in [0.717, 1.165) is 95.8 Å². The molecule has 0 fully saturated rings. The molecule has 0 saturated carbocycles. The largest absolute Gasteiger partial charge is 0.472 e. The average Bonchev–Trinajstić information content (AvgIpc) is 3.42. The van der Waals surface area contributed by atoms with Crippen molar-refractivity contribution < 1.29 is 80.2 Å². The molecule has 0 amide bonds. The molecule has 0 heterocycles. The van der Waals surface area contributed by atoms with E-state index in [9.17, 15) is 43.2 Å². The smallest absolute Gasteiger partial charge is 0.462 e. The molecule has 91 heavy (non-hydrogen) atoms. The van der Waals surface area contributed by atoms with Gasteiger partial charge < -0.3 is 33.8 Å². The number of aliphatic hydroxyl groups excluding tert-OH is 1. The lowest BCUT2D eigenvalue weighted by Crippen LogP contribution is -2.30. The van der Waals surface area contributed by atoms with Crippen molar-refractivity contribution in [3.05, 3.63) is 0 Å². The van der Waals surface area contributed by atoms with Gasteiger partial charge in [-0.2, -0.15) is 0 Å². The molecule has 19 heteroatoms. The van der Waals surface area contributed by atoms with Crippen molar-refractivity contribution in [2.24, 2.45) is 5.92 Å². The third-order valence-electron chi connectivity index (χ3n) is 17.1. The molecule has 0 rings (SSSR count). The Bertz CT molecular complexity index is 1760. The van der Waals surface area contributed by atoms with Crippen LogP contribution in [0.1, 0.15) is 375 Å². The van der Waals surface area contributed by atoms with E-state index in [-0.39, 0.29) is 25.7 Å². The molecule has 540 valence electrons. The number of phosphoric acid groups is 2. The number of unbranched alkanes of at least 4 members (excludes halogenated alkanes) is 43. The second-order valence-corrected chi connectivity index (χ2v) is 29.1. The fraction of sp³-hybridized carbons (Fsp3) is 0.944.